The van der Waals surface area contributed by atoms with Gasteiger partial charge in [-0.25, -0.2) is 0 Å². The van der Waals surface area contributed by atoms with E-state index < -0.39 is 0 Å². The monoisotopic (exact) mass is 395 g/mol. The van der Waals surface area contributed by atoms with E-state index in [1.54, 1.807) is 43.8 Å². The Bertz CT molecular complexity index is 873. The Balaban J connectivity index is 1.40. The van der Waals surface area contributed by atoms with E-state index >= 15 is 0 Å². The van der Waals surface area contributed by atoms with Crippen molar-refractivity contribution in [2.45, 2.75) is 18.9 Å². The molecule has 1 aromatic carbocycles. The van der Waals surface area contributed by atoms with Crippen molar-refractivity contribution in [3.05, 3.63) is 54.4 Å². The Kier molecular flexibility index (Phi) is 5.64. The quantitative estimate of drug-likeness (QED) is 0.776. The van der Waals surface area contributed by atoms with Crippen molar-refractivity contribution >= 4 is 11.8 Å². The summed E-state index contributed by atoms with van der Waals surface area (Å²) in [6.07, 6.45) is 5.19. The lowest BCUT2D eigenvalue weighted by Crippen LogP contribution is -2.49. The number of benzene rings is 1. The first-order valence-corrected chi connectivity index (χ1v) is 9.89. The number of hydrogen-bond acceptors (Lipinski definition) is 5. The van der Waals surface area contributed by atoms with Crippen LogP contribution in [-0.4, -0.2) is 66.0 Å². The number of amides is 2. The third-order valence-corrected chi connectivity index (χ3v) is 5.63. The maximum Gasteiger partial charge on any atom is 0.260 e. The summed E-state index contributed by atoms with van der Waals surface area (Å²) in [5.41, 5.74) is 0.591. The second-order valence-electron chi connectivity index (χ2n) is 7.56. The van der Waals surface area contributed by atoms with E-state index in [9.17, 15) is 9.59 Å². The van der Waals surface area contributed by atoms with Gasteiger partial charge in [0.2, 0.25) is 0 Å². The smallest absolute Gasteiger partial charge is 0.260 e. The molecule has 0 aliphatic carbocycles. The molecule has 29 heavy (non-hydrogen) atoms. The number of piperidine rings is 1. The summed E-state index contributed by atoms with van der Waals surface area (Å²) in [6, 6.07) is 10.8. The van der Waals surface area contributed by atoms with Crippen LogP contribution in [0.2, 0.25) is 0 Å². The number of aromatic nitrogens is 1. The van der Waals surface area contributed by atoms with Gasteiger partial charge in [0.15, 0.2) is 6.61 Å². The summed E-state index contributed by atoms with van der Waals surface area (Å²) in [7, 11) is 1.59. The van der Waals surface area contributed by atoms with E-state index in [1.807, 2.05) is 21.9 Å². The minimum absolute atomic E-state index is 0.0167. The summed E-state index contributed by atoms with van der Waals surface area (Å²) in [6.45, 7) is 1.87. The molecule has 3 aliphatic heterocycles. The van der Waals surface area contributed by atoms with Crippen molar-refractivity contribution in [2.75, 3.05) is 33.4 Å². The summed E-state index contributed by atoms with van der Waals surface area (Å²) in [5, 5.41) is 0. The van der Waals surface area contributed by atoms with Crippen LogP contribution in [0.3, 0.4) is 0 Å². The first-order chi connectivity index (χ1) is 14.1. The topological polar surface area (TPSA) is 72.0 Å². The number of fused-ring (bicyclic) bond motifs is 4. The molecule has 2 amide bonds. The maximum atomic E-state index is 12.9. The number of pyridine rings is 1. The Hall–Kier alpha value is -3.09. The Labute approximate surface area is 170 Å². The molecule has 7 heteroatoms. The number of carbonyl (C=O) groups excluding carboxylic acids is 2. The fourth-order valence-corrected chi connectivity index (χ4v) is 4.14. The molecule has 2 bridgehead atoms. The Morgan fingerprint density at radius 2 is 1.97 bits per heavy atom. The number of ether oxygens (including phenoxy) is 2. The number of rotatable bonds is 5. The van der Waals surface area contributed by atoms with E-state index in [1.165, 1.54) is 0 Å². The van der Waals surface area contributed by atoms with Gasteiger partial charge in [0.05, 0.1) is 12.7 Å². The van der Waals surface area contributed by atoms with E-state index in [0.29, 0.717) is 36.7 Å². The highest BCUT2D eigenvalue weighted by Crippen LogP contribution is 2.29. The zero-order chi connectivity index (χ0) is 20.2. The second kappa shape index (κ2) is 8.51. The molecule has 0 radical (unpaired) electrons. The van der Waals surface area contributed by atoms with Crippen molar-refractivity contribution in [3.63, 3.8) is 0 Å². The molecule has 0 spiro atoms. The lowest BCUT2D eigenvalue weighted by atomic mass is 9.95. The average Bonchev–Trinajstić information content (AvgIpc) is 3.10. The third kappa shape index (κ3) is 4.34. The number of methoxy groups -OCH3 is 1. The zero-order valence-electron chi connectivity index (χ0n) is 16.5. The molecule has 2 atom stereocenters. The number of nitrogens with zero attached hydrogens (tertiary/aromatic N) is 3. The van der Waals surface area contributed by atoms with E-state index in [-0.39, 0.29) is 30.4 Å². The van der Waals surface area contributed by atoms with Crippen LogP contribution in [0.5, 0.6) is 11.5 Å². The van der Waals surface area contributed by atoms with Crippen LogP contribution in [0.25, 0.3) is 0 Å². The van der Waals surface area contributed by atoms with Crippen LogP contribution in [0.4, 0.5) is 0 Å². The summed E-state index contributed by atoms with van der Waals surface area (Å²) in [4.78, 5) is 33.5. The van der Waals surface area contributed by atoms with Crippen molar-refractivity contribution in [3.8, 4) is 11.5 Å². The molecule has 1 aromatic heterocycles. The lowest BCUT2D eigenvalue weighted by molar-refractivity contribution is -0.137. The molecule has 0 saturated carbocycles. The highest BCUT2D eigenvalue weighted by Gasteiger charge is 2.38. The summed E-state index contributed by atoms with van der Waals surface area (Å²) < 4.78 is 10.9. The minimum atomic E-state index is -0.0433. The van der Waals surface area contributed by atoms with Crippen LogP contribution >= 0.6 is 0 Å². The minimum Gasteiger partial charge on any atom is -0.497 e. The molecule has 2 aromatic rings. The summed E-state index contributed by atoms with van der Waals surface area (Å²) in [5.74, 6) is 1.52. The molecule has 0 unspecified atom stereocenters. The number of carbonyl (C=O) groups is 2. The van der Waals surface area contributed by atoms with Crippen LogP contribution in [0.15, 0.2) is 48.8 Å². The van der Waals surface area contributed by atoms with E-state index in [0.717, 1.165) is 12.8 Å². The van der Waals surface area contributed by atoms with E-state index in [2.05, 4.69) is 4.98 Å². The molecule has 3 fully saturated rings. The van der Waals surface area contributed by atoms with Crippen LogP contribution in [0.1, 0.15) is 23.2 Å². The fraction of sp³-hybridized carbons (Fsp3) is 0.409. The predicted octanol–water partition coefficient (Wildman–Crippen LogP) is 2.23. The van der Waals surface area contributed by atoms with Gasteiger partial charge >= 0.3 is 0 Å². The molecule has 3 saturated heterocycles. The van der Waals surface area contributed by atoms with Crippen LogP contribution in [-0.2, 0) is 4.79 Å². The molecular formula is C22H25N3O4. The number of hydrogen-bond donors (Lipinski definition) is 0. The maximum absolute atomic E-state index is 12.9. The van der Waals surface area contributed by atoms with Crippen molar-refractivity contribution in [1.82, 2.24) is 14.8 Å². The van der Waals surface area contributed by atoms with Crippen molar-refractivity contribution in [2.24, 2.45) is 5.92 Å². The molecule has 0 N–H and O–H groups in total. The molecule has 5 rings (SSSR count). The van der Waals surface area contributed by atoms with Gasteiger partial charge in [-0.15, -0.1) is 0 Å². The summed E-state index contributed by atoms with van der Waals surface area (Å²) >= 11 is 0. The van der Waals surface area contributed by atoms with E-state index in [4.69, 9.17) is 9.47 Å². The average molecular weight is 395 g/mol. The molecule has 4 heterocycles. The predicted molar refractivity (Wildman–Crippen MR) is 107 cm³/mol. The highest BCUT2D eigenvalue weighted by molar-refractivity contribution is 5.94. The van der Waals surface area contributed by atoms with Gasteiger partial charge in [0.25, 0.3) is 11.8 Å². The van der Waals surface area contributed by atoms with Gasteiger partial charge in [-0.2, -0.15) is 0 Å². The molecule has 7 nitrogen and oxygen atoms in total. The molecule has 3 aliphatic rings. The van der Waals surface area contributed by atoms with Crippen molar-refractivity contribution < 1.29 is 19.1 Å². The Morgan fingerprint density at radius 3 is 2.76 bits per heavy atom. The highest BCUT2D eigenvalue weighted by atomic mass is 16.5. The Morgan fingerprint density at radius 1 is 1.10 bits per heavy atom. The largest absolute Gasteiger partial charge is 0.497 e. The second-order valence-corrected chi connectivity index (χ2v) is 7.56. The van der Waals surface area contributed by atoms with Crippen molar-refractivity contribution in [1.29, 1.82) is 0 Å². The third-order valence-electron chi connectivity index (χ3n) is 5.63. The first-order valence-electron chi connectivity index (χ1n) is 9.89. The van der Waals surface area contributed by atoms with Gasteiger partial charge in [-0.1, -0.05) is 6.07 Å². The standard InChI is InChI=1S/C22H25N3O4/c1-28-19-5-2-6-20(10-19)29-15-21(26)25-13-16-7-8-18(25)14-24(12-16)22(27)17-4-3-9-23-11-17/h2-6,9-11,16,18H,7-8,12-15H2,1H3/t16-,18+/m1/s1. The zero-order valence-corrected chi connectivity index (χ0v) is 16.5. The van der Waals surface area contributed by atoms with Crippen LogP contribution < -0.4 is 9.47 Å². The molecular weight excluding hydrogens is 370 g/mol. The SMILES string of the molecule is COc1cccc(OCC(=O)N2C[C@@H]3CC[C@H]2CN(C(=O)c2cccnc2)C3)c1. The van der Waals surface area contributed by atoms with Gasteiger partial charge in [0, 0.05) is 44.1 Å². The fourth-order valence-electron chi connectivity index (χ4n) is 4.14. The van der Waals surface area contributed by atoms with Crippen LogP contribution in [0, 0.1) is 5.92 Å². The van der Waals surface area contributed by atoms with Gasteiger partial charge in [-0.3, -0.25) is 14.6 Å². The molecule has 152 valence electrons. The van der Waals surface area contributed by atoms with Gasteiger partial charge in [-0.05, 0) is 43.0 Å². The van der Waals surface area contributed by atoms with Gasteiger partial charge < -0.3 is 19.3 Å². The lowest BCUT2D eigenvalue weighted by Gasteiger charge is -2.36. The normalized spacial score (nSPS) is 20.9. The first kappa shape index (κ1) is 19.2. The van der Waals surface area contributed by atoms with Gasteiger partial charge in [0.1, 0.15) is 11.5 Å².